The molecule has 0 heterocycles. The van der Waals surface area contributed by atoms with Crippen molar-refractivity contribution < 1.29 is 50.4 Å². The molecule has 0 saturated heterocycles. The molecule has 0 fully saturated rings. The maximum absolute atomic E-state index is 13.4. The van der Waals surface area contributed by atoms with Gasteiger partial charge in [0, 0.05) is 43.9 Å². The summed E-state index contributed by atoms with van der Waals surface area (Å²) in [6.45, 7) is 4.24. The molecule has 0 amide bonds. The van der Waals surface area contributed by atoms with Crippen molar-refractivity contribution in [3.63, 3.8) is 0 Å². The van der Waals surface area contributed by atoms with E-state index >= 15 is 0 Å². The largest absolute Gasteiger partial charge is 0.523 e. The van der Waals surface area contributed by atoms with Crippen molar-refractivity contribution in [2.45, 2.75) is 73.2 Å². The maximum Gasteiger partial charge on any atom is 0.523 e. The Kier molecular flexibility index (Phi) is 17.0. The molecule has 0 aliphatic rings. The number of aryl methyl sites for hydroxylation is 2. The van der Waals surface area contributed by atoms with Gasteiger partial charge in [0.25, 0.3) is 0 Å². The van der Waals surface area contributed by atoms with Crippen LogP contribution < -0.4 is 9.80 Å². The Labute approximate surface area is 411 Å². The van der Waals surface area contributed by atoms with E-state index in [2.05, 4.69) is 13.8 Å². The summed E-state index contributed by atoms with van der Waals surface area (Å²) in [6.07, 6.45) is 15.2. The van der Waals surface area contributed by atoms with Gasteiger partial charge in [0.1, 0.15) is 0 Å². The fraction of sp³-hybridized carbons (Fsp3) is 0.269. The quantitative estimate of drug-likeness (QED) is 0.0424. The maximum atomic E-state index is 13.4. The van der Waals surface area contributed by atoms with E-state index in [-0.39, 0.29) is 0 Å². The second kappa shape index (κ2) is 22.0. The molecule has 6 aromatic rings. The van der Waals surface area contributed by atoms with Gasteiger partial charge in [-0.1, -0.05) is 120 Å². The molecule has 0 aromatic heterocycles. The topological polar surface area (TPSA) is 93.2 Å². The number of nitrogens with zero attached hydrogens (tertiary/aromatic N) is 2. The smallest absolute Gasteiger partial charge is 0.310 e. The van der Waals surface area contributed by atoms with Crippen LogP contribution in [0.1, 0.15) is 61.8 Å². The molecule has 70 heavy (non-hydrogen) atoms. The van der Waals surface area contributed by atoms with Crippen molar-refractivity contribution in [1.82, 2.24) is 0 Å². The van der Waals surface area contributed by atoms with Crippen LogP contribution in [-0.2, 0) is 40.3 Å². The summed E-state index contributed by atoms with van der Waals surface area (Å²) in [5, 5.41) is 0. The van der Waals surface area contributed by atoms with Crippen LogP contribution in [0.15, 0.2) is 155 Å². The summed E-state index contributed by atoms with van der Waals surface area (Å²) in [5.74, 6) is 0. The molecule has 0 radical (unpaired) electrons. The van der Waals surface area contributed by atoms with Crippen LogP contribution >= 0.6 is 20.6 Å². The molecular formula is C52H56F6N2O6S4. The van der Waals surface area contributed by atoms with Crippen LogP contribution in [0.25, 0.3) is 12.2 Å². The molecule has 6 rings (SSSR count). The Bertz CT molecular complexity index is 2760. The van der Waals surface area contributed by atoms with Crippen molar-refractivity contribution in [3.05, 3.63) is 168 Å². The fourth-order valence-electron chi connectivity index (χ4n) is 7.40. The lowest BCUT2D eigenvalue weighted by Gasteiger charge is -2.32. The molecule has 0 aliphatic heterocycles. The standard InChI is InChI=1S/C52H56F6N2O6S4/c1-7-9-13-39-21-29-43(30-22-39)59(47-15-11-17-49(37-47)67(3,4)65-69(61,62)51(53,54)55)45-33-25-41(26-34-45)19-20-42-27-35-46(36-28-42)60(44-31-23-40(24-32-44)14-10-8-2)48-16-12-18-50(38-48)68(5,6)66-70(63,64)52(56,57)58/h11-12,15-38H,7-10,13-14H2,1-6H3. The molecule has 0 N–H and O–H groups in total. The highest BCUT2D eigenvalue weighted by molar-refractivity contribution is 8.32. The lowest BCUT2D eigenvalue weighted by Crippen LogP contribution is -2.26. The van der Waals surface area contributed by atoms with Crippen LogP contribution in [0.3, 0.4) is 0 Å². The fourth-order valence-corrected chi connectivity index (χ4v) is 13.9. The molecular weight excluding hydrogens is 991 g/mol. The summed E-state index contributed by atoms with van der Waals surface area (Å²) in [4.78, 5) is 4.46. The van der Waals surface area contributed by atoms with Gasteiger partial charge in [-0.25, -0.2) is 7.26 Å². The number of hydrogen-bond donors (Lipinski definition) is 0. The van der Waals surface area contributed by atoms with E-state index in [1.165, 1.54) is 25.0 Å². The molecule has 0 atom stereocenters. The Morgan fingerprint density at radius 2 is 0.743 bits per heavy atom. The Hall–Kier alpha value is -5.24. The summed E-state index contributed by atoms with van der Waals surface area (Å²) >= 11 is 0. The zero-order chi connectivity index (χ0) is 51.1. The summed E-state index contributed by atoms with van der Waals surface area (Å²) in [7, 11) is -17.6. The average Bonchev–Trinajstić information content (AvgIpc) is 3.30. The molecule has 0 saturated carbocycles. The van der Waals surface area contributed by atoms with Crippen LogP contribution in [0, 0.1) is 0 Å². The lowest BCUT2D eigenvalue weighted by atomic mass is 10.1. The number of alkyl halides is 6. The SMILES string of the molecule is CCCCc1ccc(N(c2ccc(C=Cc3ccc(N(c4ccc(CCCC)cc4)c4cccc(S(C)(C)OS(=O)(=O)C(F)(F)F)c4)cc3)cc2)c2cccc(S(C)(C)OS(=O)(=O)C(F)(F)F)c2)cc1. The van der Waals surface area contributed by atoms with E-state index in [4.69, 9.17) is 7.26 Å². The minimum atomic E-state index is -5.86. The van der Waals surface area contributed by atoms with Gasteiger partial charge in [-0.2, -0.15) is 43.2 Å². The average molecular weight is 1050 g/mol. The van der Waals surface area contributed by atoms with E-state index in [1.807, 2.05) is 119 Å². The van der Waals surface area contributed by atoms with Crippen LogP contribution in [0.2, 0.25) is 0 Å². The zero-order valence-corrected chi connectivity index (χ0v) is 42.8. The normalized spacial score (nSPS) is 13.4. The van der Waals surface area contributed by atoms with Crippen LogP contribution in [0.5, 0.6) is 0 Å². The first-order valence-electron chi connectivity index (χ1n) is 22.2. The summed E-state index contributed by atoms with van der Waals surface area (Å²) in [5.41, 5.74) is -2.95. The third-order valence-corrected chi connectivity index (χ3v) is 19.2. The zero-order valence-electron chi connectivity index (χ0n) is 39.5. The minimum absolute atomic E-state index is 0.293. The molecule has 6 aromatic carbocycles. The van der Waals surface area contributed by atoms with E-state index in [0.717, 1.165) is 83.5 Å². The first-order valence-corrected chi connectivity index (χ1v) is 29.8. The first-order chi connectivity index (χ1) is 32.8. The highest BCUT2D eigenvalue weighted by Gasteiger charge is 2.51. The number of unbranched alkanes of at least 4 members (excludes halogenated alkanes) is 2. The number of benzene rings is 6. The summed E-state index contributed by atoms with van der Waals surface area (Å²) < 4.78 is 138. The molecule has 376 valence electrons. The third-order valence-electron chi connectivity index (χ3n) is 11.2. The first kappa shape index (κ1) is 54.1. The monoisotopic (exact) mass is 1050 g/mol. The van der Waals surface area contributed by atoms with Gasteiger partial charge >= 0.3 is 31.3 Å². The van der Waals surface area contributed by atoms with Gasteiger partial charge < -0.3 is 9.80 Å². The predicted octanol–water partition coefficient (Wildman–Crippen LogP) is 15.9. The van der Waals surface area contributed by atoms with Gasteiger partial charge in [-0.3, -0.25) is 0 Å². The molecule has 0 aliphatic carbocycles. The number of hydrogen-bond acceptors (Lipinski definition) is 8. The molecule has 0 bridgehead atoms. The number of anilines is 6. The minimum Gasteiger partial charge on any atom is -0.310 e. The van der Waals surface area contributed by atoms with Crippen molar-refractivity contribution in [2.75, 3.05) is 34.8 Å². The highest BCUT2D eigenvalue weighted by Crippen LogP contribution is 2.56. The van der Waals surface area contributed by atoms with Gasteiger partial charge in [0.05, 0.1) is 0 Å². The van der Waals surface area contributed by atoms with E-state index in [9.17, 15) is 43.2 Å². The van der Waals surface area contributed by atoms with Gasteiger partial charge in [0.15, 0.2) is 0 Å². The van der Waals surface area contributed by atoms with Crippen LogP contribution in [-0.4, -0.2) is 52.9 Å². The molecule has 0 spiro atoms. The van der Waals surface area contributed by atoms with E-state index in [1.54, 1.807) is 48.5 Å². The van der Waals surface area contributed by atoms with Crippen molar-refractivity contribution >= 4 is 87.1 Å². The molecule has 0 unspecified atom stereocenters. The lowest BCUT2D eigenvalue weighted by molar-refractivity contribution is -0.0500. The van der Waals surface area contributed by atoms with Gasteiger partial charge in [0.2, 0.25) is 0 Å². The summed E-state index contributed by atoms with van der Waals surface area (Å²) in [6, 6.07) is 44.7. The van der Waals surface area contributed by atoms with E-state index in [0.29, 0.717) is 21.2 Å². The Morgan fingerprint density at radius 3 is 1.03 bits per heavy atom. The molecule has 8 nitrogen and oxygen atoms in total. The molecule has 18 heteroatoms. The van der Waals surface area contributed by atoms with Gasteiger partial charge in [-0.05, 0) is 158 Å². The van der Waals surface area contributed by atoms with Crippen LogP contribution in [0.4, 0.5) is 60.5 Å². The second-order valence-corrected chi connectivity index (χ2v) is 26.8. The third kappa shape index (κ3) is 13.4. The Balaban J connectivity index is 1.30. The second-order valence-electron chi connectivity index (χ2n) is 17.1. The predicted molar refractivity (Wildman–Crippen MR) is 276 cm³/mol. The van der Waals surface area contributed by atoms with E-state index < -0.39 is 51.9 Å². The van der Waals surface area contributed by atoms with Gasteiger partial charge in [-0.15, -0.1) is 0 Å². The van der Waals surface area contributed by atoms with Crippen molar-refractivity contribution in [2.24, 2.45) is 0 Å². The highest BCUT2D eigenvalue weighted by atomic mass is 32.3. The number of halogens is 6. The number of rotatable bonds is 20. The Morgan fingerprint density at radius 1 is 0.443 bits per heavy atom. The van der Waals surface area contributed by atoms with Crippen molar-refractivity contribution in [1.29, 1.82) is 0 Å². The van der Waals surface area contributed by atoms with Crippen molar-refractivity contribution in [3.8, 4) is 0 Å².